The smallest absolute Gasteiger partial charge is 0.407 e. The van der Waals surface area contributed by atoms with Gasteiger partial charge in [-0.1, -0.05) is 12.1 Å². The Morgan fingerprint density at radius 3 is 2.47 bits per heavy atom. The SMILES string of the molecule is CC(C)(C)OC(=O)NCCC(=O)Nc1cccc(CCCC(=O)Nc2cnccc2C(=O)O)c1. The van der Waals surface area contributed by atoms with Crippen LogP contribution in [0.2, 0.25) is 0 Å². The Kier molecular flexibility index (Phi) is 9.54. The molecule has 2 rings (SSSR count). The van der Waals surface area contributed by atoms with E-state index in [2.05, 4.69) is 20.9 Å². The fourth-order valence-electron chi connectivity index (χ4n) is 2.97. The molecule has 0 fully saturated rings. The first-order chi connectivity index (χ1) is 16.0. The van der Waals surface area contributed by atoms with Crippen LogP contribution in [0.25, 0.3) is 0 Å². The van der Waals surface area contributed by atoms with Crippen molar-refractivity contribution in [3.63, 3.8) is 0 Å². The number of anilines is 2. The van der Waals surface area contributed by atoms with E-state index < -0.39 is 17.7 Å². The van der Waals surface area contributed by atoms with E-state index in [1.165, 1.54) is 18.5 Å². The van der Waals surface area contributed by atoms with Gasteiger partial charge in [-0.15, -0.1) is 0 Å². The molecule has 182 valence electrons. The average molecular weight is 471 g/mol. The predicted molar refractivity (Wildman–Crippen MR) is 127 cm³/mol. The maximum atomic E-state index is 12.2. The van der Waals surface area contributed by atoms with Gasteiger partial charge in [0.05, 0.1) is 17.4 Å². The number of alkyl carbamates (subject to hydrolysis) is 1. The summed E-state index contributed by atoms with van der Waals surface area (Å²) in [4.78, 5) is 51.0. The zero-order chi connectivity index (χ0) is 25.1. The molecule has 1 heterocycles. The summed E-state index contributed by atoms with van der Waals surface area (Å²) < 4.78 is 5.12. The van der Waals surface area contributed by atoms with Gasteiger partial charge in [0.2, 0.25) is 11.8 Å². The van der Waals surface area contributed by atoms with Crippen molar-refractivity contribution in [1.82, 2.24) is 10.3 Å². The Hall–Kier alpha value is -3.95. The zero-order valence-corrected chi connectivity index (χ0v) is 19.5. The lowest BCUT2D eigenvalue weighted by molar-refractivity contribution is -0.117. The number of carboxylic acids is 1. The van der Waals surface area contributed by atoms with Crippen molar-refractivity contribution >= 4 is 35.3 Å². The van der Waals surface area contributed by atoms with Crippen LogP contribution in [0.4, 0.5) is 16.2 Å². The second-order valence-corrected chi connectivity index (χ2v) is 8.56. The number of aryl methyl sites for hydroxylation is 1. The van der Waals surface area contributed by atoms with E-state index >= 15 is 0 Å². The van der Waals surface area contributed by atoms with Crippen LogP contribution in [0.5, 0.6) is 0 Å². The Balaban J connectivity index is 1.76. The number of carboxylic acid groups (broad SMARTS) is 1. The third-order valence-corrected chi connectivity index (χ3v) is 4.43. The van der Waals surface area contributed by atoms with Gasteiger partial charge >= 0.3 is 12.1 Å². The minimum atomic E-state index is -1.14. The maximum Gasteiger partial charge on any atom is 0.407 e. The third kappa shape index (κ3) is 9.68. The zero-order valence-electron chi connectivity index (χ0n) is 19.5. The molecule has 1 aromatic heterocycles. The monoisotopic (exact) mass is 470 g/mol. The van der Waals surface area contributed by atoms with Crippen LogP contribution in [0.15, 0.2) is 42.7 Å². The van der Waals surface area contributed by atoms with E-state index in [1.807, 2.05) is 12.1 Å². The summed E-state index contributed by atoms with van der Waals surface area (Å²) in [7, 11) is 0. The second kappa shape index (κ2) is 12.3. The molecule has 34 heavy (non-hydrogen) atoms. The van der Waals surface area contributed by atoms with E-state index in [0.29, 0.717) is 18.5 Å². The van der Waals surface area contributed by atoms with E-state index in [1.54, 1.807) is 32.9 Å². The van der Waals surface area contributed by atoms with Crippen molar-refractivity contribution < 1.29 is 29.0 Å². The molecule has 2 aromatic rings. The van der Waals surface area contributed by atoms with Crippen molar-refractivity contribution in [2.45, 2.75) is 52.1 Å². The number of carbonyl (C=O) groups is 4. The highest BCUT2D eigenvalue weighted by molar-refractivity contribution is 6.00. The van der Waals surface area contributed by atoms with Crippen molar-refractivity contribution in [2.24, 2.45) is 0 Å². The molecule has 0 aliphatic carbocycles. The van der Waals surface area contributed by atoms with Crippen LogP contribution in [0, 0.1) is 0 Å². The molecule has 0 radical (unpaired) electrons. The average Bonchev–Trinajstić information content (AvgIpc) is 2.73. The van der Waals surface area contributed by atoms with Crippen LogP contribution >= 0.6 is 0 Å². The van der Waals surface area contributed by atoms with Crippen LogP contribution < -0.4 is 16.0 Å². The summed E-state index contributed by atoms with van der Waals surface area (Å²) in [5.74, 6) is -1.70. The summed E-state index contributed by atoms with van der Waals surface area (Å²) in [5, 5.41) is 17.1. The van der Waals surface area contributed by atoms with Gasteiger partial charge in [-0.05, 0) is 57.4 Å². The summed E-state index contributed by atoms with van der Waals surface area (Å²) in [6.07, 6.45) is 3.49. The minimum Gasteiger partial charge on any atom is -0.478 e. The number of amides is 3. The lowest BCUT2D eigenvalue weighted by Gasteiger charge is -2.19. The van der Waals surface area contributed by atoms with Gasteiger partial charge in [-0.25, -0.2) is 9.59 Å². The van der Waals surface area contributed by atoms with E-state index in [-0.39, 0.29) is 42.5 Å². The fraction of sp³-hybridized carbons (Fsp3) is 0.375. The summed E-state index contributed by atoms with van der Waals surface area (Å²) in [6.45, 7) is 5.42. The molecule has 0 saturated carbocycles. The van der Waals surface area contributed by atoms with Crippen molar-refractivity contribution in [1.29, 1.82) is 0 Å². The number of benzene rings is 1. The first-order valence-electron chi connectivity index (χ1n) is 10.9. The molecule has 0 saturated heterocycles. The lowest BCUT2D eigenvalue weighted by Crippen LogP contribution is -2.34. The molecule has 1 aromatic carbocycles. The van der Waals surface area contributed by atoms with Crippen LogP contribution in [0.3, 0.4) is 0 Å². The lowest BCUT2D eigenvalue weighted by atomic mass is 10.1. The van der Waals surface area contributed by atoms with Gasteiger partial charge in [-0.3, -0.25) is 14.6 Å². The first-order valence-corrected chi connectivity index (χ1v) is 10.9. The molecular formula is C24H30N4O6. The highest BCUT2D eigenvalue weighted by Gasteiger charge is 2.16. The highest BCUT2D eigenvalue weighted by Crippen LogP contribution is 2.16. The maximum absolute atomic E-state index is 12.2. The molecule has 0 aliphatic rings. The molecule has 0 atom stereocenters. The summed E-state index contributed by atoms with van der Waals surface area (Å²) >= 11 is 0. The summed E-state index contributed by atoms with van der Waals surface area (Å²) in [5.41, 5.74) is 1.09. The van der Waals surface area contributed by atoms with Gasteiger partial charge in [0, 0.05) is 31.3 Å². The van der Waals surface area contributed by atoms with Crippen LogP contribution in [0.1, 0.15) is 56.0 Å². The van der Waals surface area contributed by atoms with Crippen molar-refractivity contribution in [2.75, 3.05) is 17.2 Å². The number of hydrogen-bond acceptors (Lipinski definition) is 6. The predicted octanol–water partition coefficient (Wildman–Crippen LogP) is 3.59. The summed E-state index contributed by atoms with van der Waals surface area (Å²) in [6, 6.07) is 8.59. The highest BCUT2D eigenvalue weighted by atomic mass is 16.6. The molecule has 0 spiro atoms. The van der Waals surface area contributed by atoms with E-state index in [0.717, 1.165) is 5.56 Å². The molecule has 0 aliphatic heterocycles. The van der Waals surface area contributed by atoms with E-state index in [4.69, 9.17) is 4.74 Å². The molecular weight excluding hydrogens is 440 g/mol. The van der Waals surface area contributed by atoms with Crippen molar-refractivity contribution in [3.8, 4) is 0 Å². The fourth-order valence-corrected chi connectivity index (χ4v) is 2.97. The number of rotatable bonds is 10. The Labute approximate surface area is 198 Å². The standard InChI is InChI=1S/C24H30N4O6/c1-24(2,3)34-23(33)26-13-11-21(30)27-17-8-4-6-16(14-17)7-5-9-20(29)28-19-15-25-12-10-18(19)22(31)32/h4,6,8,10,12,14-15H,5,7,9,11,13H2,1-3H3,(H,26,33)(H,27,30)(H,28,29)(H,31,32). The number of aromatic nitrogens is 1. The van der Waals surface area contributed by atoms with Crippen molar-refractivity contribution in [3.05, 3.63) is 53.9 Å². The molecule has 10 heteroatoms. The van der Waals surface area contributed by atoms with Gasteiger partial charge in [0.25, 0.3) is 0 Å². The first kappa shape index (κ1) is 26.3. The Bertz CT molecular complexity index is 1030. The molecule has 10 nitrogen and oxygen atoms in total. The van der Waals surface area contributed by atoms with Gasteiger partial charge in [-0.2, -0.15) is 0 Å². The topological polar surface area (TPSA) is 147 Å². The number of nitrogens with one attached hydrogen (secondary N) is 3. The van der Waals surface area contributed by atoms with E-state index in [9.17, 15) is 24.3 Å². The number of hydrogen-bond donors (Lipinski definition) is 4. The van der Waals surface area contributed by atoms with Gasteiger partial charge in [0.15, 0.2) is 0 Å². The van der Waals surface area contributed by atoms with Crippen LogP contribution in [-0.2, 0) is 20.7 Å². The molecule has 0 bridgehead atoms. The van der Waals surface area contributed by atoms with Gasteiger partial charge in [0.1, 0.15) is 5.60 Å². The number of carbonyl (C=O) groups excluding carboxylic acids is 3. The quantitative estimate of drug-likeness (QED) is 0.415. The number of pyridine rings is 1. The number of aromatic carboxylic acids is 1. The Morgan fingerprint density at radius 1 is 1.03 bits per heavy atom. The largest absolute Gasteiger partial charge is 0.478 e. The number of ether oxygens (including phenoxy) is 1. The normalized spacial score (nSPS) is 10.8. The third-order valence-electron chi connectivity index (χ3n) is 4.43. The number of nitrogens with zero attached hydrogens (tertiary/aromatic N) is 1. The molecule has 3 amide bonds. The van der Waals surface area contributed by atoms with Gasteiger partial charge < -0.3 is 25.8 Å². The Morgan fingerprint density at radius 2 is 1.76 bits per heavy atom. The molecule has 4 N–H and O–H groups in total. The second-order valence-electron chi connectivity index (χ2n) is 8.56. The minimum absolute atomic E-state index is 0.0203. The van der Waals surface area contributed by atoms with Crippen LogP contribution in [-0.4, -0.2) is 46.1 Å². The molecule has 0 unspecified atom stereocenters.